The summed E-state index contributed by atoms with van der Waals surface area (Å²) in [5.41, 5.74) is 0. The second-order valence-corrected chi connectivity index (χ2v) is 14.4. The zero-order valence-electron chi connectivity index (χ0n) is 32.5. The highest BCUT2D eigenvalue weighted by atomic mass is 31.2. The van der Waals surface area contributed by atoms with Gasteiger partial charge in [-0.1, -0.05) is 157 Å². The Kier molecular flexibility index (Phi) is 37.1. The third-order valence-corrected chi connectivity index (χ3v) is 8.87. The molecule has 0 heterocycles. The van der Waals surface area contributed by atoms with Gasteiger partial charge in [-0.2, -0.15) is 0 Å². The lowest BCUT2D eigenvalue weighted by Crippen LogP contribution is -2.29. The number of aliphatic hydroxyl groups excluding tert-OH is 2. The van der Waals surface area contributed by atoms with E-state index in [2.05, 4.69) is 74.6 Å². The molecule has 0 aliphatic carbocycles. The van der Waals surface area contributed by atoms with Gasteiger partial charge in [-0.25, -0.2) is 4.57 Å². The van der Waals surface area contributed by atoms with Crippen molar-refractivity contribution in [3.05, 3.63) is 72.9 Å². The molecular weight excluding hydrogens is 679 g/mol. The van der Waals surface area contributed by atoms with Crippen LogP contribution in [0.2, 0.25) is 0 Å². The number of ether oxygens (including phenoxy) is 2. The van der Waals surface area contributed by atoms with Gasteiger partial charge in [-0.3, -0.25) is 13.8 Å². The molecule has 300 valence electrons. The summed E-state index contributed by atoms with van der Waals surface area (Å²) in [5, 5.41) is 18.3. The molecule has 0 radical (unpaired) electrons. The number of esters is 1. The van der Waals surface area contributed by atoms with Gasteiger partial charge in [0.15, 0.2) is 0 Å². The van der Waals surface area contributed by atoms with E-state index in [0.29, 0.717) is 13.0 Å². The van der Waals surface area contributed by atoms with E-state index in [0.717, 1.165) is 57.8 Å². The number of aliphatic hydroxyl groups is 2. The fraction of sp³-hybridized carbons (Fsp3) is 0.690. The van der Waals surface area contributed by atoms with Crippen molar-refractivity contribution in [1.29, 1.82) is 0 Å². The SMILES string of the molecule is CC/C=C\C/C=C\C/C=C\C/C=C\C/C=C\C/C=C\CCC(=O)OC(COCCCCCCCCCCCCCC)COP(=O)(O)OCC(O)CO. The Morgan fingerprint density at radius 3 is 1.54 bits per heavy atom. The van der Waals surface area contributed by atoms with Gasteiger partial charge in [-0.15, -0.1) is 0 Å². The highest BCUT2D eigenvalue weighted by molar-refractivity contribution is 7.47. The number of phosphoric acid groups is 1. The van der Waals surface area contributed by atoms with Crippen molar-refractivity contribution < 1.29 is 43.0 Å². The molecule has 0 spiro atoms. The van der Waals surface area contributed by atoms with Crippen molar-refractivity contribution >= 4 is 13.8 Å². The summed E-state index contributed by atoms with van der Waals surface area (Å²) in [5.74, 6) is -0.466. The first-order chi connectivity index (χ1) is 25.3. The van der Waals surface area contributed by atoms with Crippen molar-refractivity contribution in [1.82, 2.24) is 0 Å². The Labute approximate surface area is 316 Å². The molecule has 0 aliphatic rings. The molecule has 0 aromatic rings. The van der Waals surface area contributed by atoms with Crippen LogP contribution >= 0.6 is 7.82 Å². The van der Waals surface area contributed by atoms with Gasteiger partial charge in [0, 0.05) is 13.0 Å². The van der Waals surface area contributed by atoms with E-state index in [1.54, 1.807) is 0 Å². The van der Waals surface area contributed by atoms with Crippen molar-refractivity contribution in [2.45, 2.75) is 154 Å². The first-order valence-electron chi connectivity index (χ1n) is 19.9. The molecular formula is C42H73O9P. The van der Waals surface area contributed by atoms with Gasteiger partial charge in [0.25, 0.3) is 0 Å². The van der Waals surface area contributed by atoms with Crippen molar-refractivity contribution in [2.24, 2.45) is 0 Å². The number of carbonyl (C=O) groups is 1. The third kappa shape index (κ3) is 37.7. The smallest absolute Gasteiger partial charge is 0.457 e. The quantitative estimate of drug-likeness (QED) is 0.0245. The van der Waals surface area contributed by atoms with Gasteiger partial charge in [0.1, 0.15) is 12.2 Å². The summed E-state index contributed by atoms with van der Waals surface area (Å²) in [6.07, 6.45) is 44.4. The minimum atomic E-state index is -4.53. The van der Waals surface area contributed by atoms with Gasteiger partial charge < -0.3 is 24.6 Å². The lowest BCUT2D eigenvalue weighted by Gasteiger charge is -2.20. The number of phosphoric ester groups is 1. The minimum absolute atomic E-state index is 0.0168. The monoisotopic (exact) mass is 752 g/mol. The second kappa shape index (κ2) is 38.6. The van der Waals surface area contributed by atoms with E-state index in [1.165, 1.54) is 57.8 Å². The number of hydrogen-bond acceptors (Lipinski definition) is 8. The van der Waals surface area contributed by atoms with Crippen LogP contribution in [0.3, 0.4) is 0 Å². The Morgan fingerprint density at radius 1 is 0.615 bits per heavy atom. The van der Waals surface area contributed by atoms with Gasteiger partial charge in [0.2, 0.25) is 0 Å². The fourth-order valence-corrected chi connectivity index (χ4v) is 5.70. The van der Waals surface area contributed by atoms with Crippen LogP contribution in [0, 0.1) is 0 Å². The van der Waals surface area contributed by atoms with E-state index < -0.39 is 45.8 Å². The average molecular weight is 753 g/mol. The highest BCUT2D eigenvalue weighted by Crippen LogP contribution is 2.43. The molecule has 3 N–H and O–H groups in total. The number of carbonyl (C=O) groups excluding carboxylic acids is 1. The normalized spacial score (nSPS) is 14.9. The molecule has 0 aliphatic heterocycles. The molecule has 9 nitrogen and oxygen atoms in total. The molecule has 0 bridgehead atoms. The minimum Gasteiger partial charge on any atom is -0.457 e. The van der Waals surface area contributed by atoms with E-state index >= 15 is 0 Å². The number of unbranched alkanes of at least 4 members (excludes halogenated alkanes) is 11. The molecule has 0 saturated carbocycles. The van der Waals surface area contributed by atoms with E-state index in [-0.39, 0.29) is 13.0 Å². The van der Waals surface area contributed by atoms with E-state index in [9.17, 15) is 19.4 Å². The molecule has 3 unspecified atom stereocenters. The van der Waals surface area contributed by atoms with Crippen LogP contribution in [0.25, 0.3) is 0 Å². The van der Waals surface area contributed by atoms with Crippen LogP contribution < -0.4 is 0 Å². The topological polar surface area (TPSA) is 132 Å². The lowest BCUT2D eigenvalue weighted by molar-refractivity contribution is -0.154. The highest BCUT2D eigenvalue weighted by Gasteiger charge is 2.26. The van der Waals surface area contributed by atoms with E-state index in [4.69, 9.17) is 23.6 Å². The van der Waals surface area contributed by atoms with E-state index in [1.807, 2.05) is 12.2 Å². The maximum atomic E-state index is 12.5. The molecule has 0 saturated heterocycles. The molecule has 3 atom stereocenters. The molecule has 0 aromatic heterocycles. The standard InChI is InChI=1S/C42H73O9P/c1-3-5-7-9-11-13-15-17-18-19-20-21-22-23-24-26-28-30-32-34-42(45)51-41(39-50-52(46,47)49-37-40(44)36-43)38-48-35-33-31-29-27-25-16-14-12-10-8-6-4-2/h5,7,11,13,17-18,20-21,23-24,28,30,40-41,43-44H,3-4,6,8-10,12,14-16,19,22,25-27,29,31-39H2,1-2H3,(H,46,47)/b7-5-,13-11-,18-17-,21-20-,24-23-,30-28-. The molecule has 0 rings (SSSR count). The summed E-state index contributed by atoms with van der Waals surface area (Å²) in [6.45, 7) is 3.28. The third-order valence-electron chi connectivity index (χ3n) is 7.92. The zero-order valence-corrected chi connectivity index (χ0v) is 33.4. The Morgan fingerprint density at radius 2 is 1.06 bits per heavy atom. The van der Waals surface area contributed by atoms with Crippen LogP contribution in [0.4, 0.5) is 0 Å². The number of hydrogen-bond donors (Lipinski definition) is 3. The fourth-order valence-electron chi connectivity index (χ4n) is 4.91. The van der Waals surface area contributed by atoms with Crippen molar-refractivity contribution in [2.75, 3.05) is 33.0 Å². The summed E-state index contributed by atoms with van der Waals surface area (Å²) < 4.78 is 33.2. The van der Waals surface area contributed by atoms with Gasteiger partial charge in [-0.05, 0) is 51.4 Å². The first kappa shape index (κ1) is 49.9. The largest absolute Gasteiger partial charge is 0.472 e. The molecule has 0 aromatic carbocycles. The summed E-state index contributed by atoms with van der Waals surface area (Å²) in [7, 11) is -4.53. The molecule has 0 amide bonds. The van der Waals surface area contributed by atoms with Crippen LogP contribution in [-0.4, -0.2) is 66.3 Å². The van der Waals surface area contributed by atoms with Crippen LogP contribution in [-0.2, 0) is 27.9 Å². The van der Waals surface area contributed by atoms with Gasteiger partial charge >= 0.3 is 13.8 Å². The van der Waals surface area contributed by atoms with Crippen LogP contribution in [0.1, 0.15) is 142 Å². The Hall–Kier alpha value is -2.10. The van der Waals surface area contributed by atoms with Crippen molar-refractivity contribution in [3.63, 3.8) is 0 Å². The first-order valence-corrected chi connectivity index (χ1v) is 21.4. The number of rotatable bonds is 37. The van der Waals surface area contributed by atoms with Gasteiger partial charge in [0.05, 0.1) is 26.4 Å². The zero-order chi connectivity index (χ0) is 38.2. The predicted octanol–water partition coefficient (Wildman–Crippen LogP) is 10.6. The maximum absolute atomic E-state index is 12.5. The maximum Gasteiger partial charge on any atom is 0.472 e. The van der Waals surface area contributed by atoms with Crippen LogP contribution in [0.5, 0.6) is 0 Å². The van der Waals surface area contributed by atoms with Crippen molar-refractivity contribution in [3.8, 4) is 0 Å². The summed E-state index contributed by atoms with van der Waals surface area (Å²) in [4.78, 5) is 22.5. The average Bonchev–Trinajstić information content (AvgIpc) is 3.13. The molecule has 10 heteroatoms. The van der Waals surface area contributed by atoms with Crippen LogP contribution in [0.15, 0.2) is 72.9 Å². The Bertz CT molecular complexity index is 1030. The predicted molar refractivity (Wildman–Crippen MR) is 214 cm³/mol. The number of allylic oxidation sites excluding steroid dienone is 12. The second-order valence-electron chi connectivity index (χ2n) is 12.9. The molecule has 52 heavy (non-hydrogen) atoms. The Balaban J connectivity index is 4.36. The lowest BCUT2D eigenvalue weighted by atomic mass is 10.1. The summed E-state index contributed by atoms with van der Waals surface area (Å²) in [6, 6.07) is 0. The molecule has 0 fully saturated rings. The summed E-state index contributed by atoms with van der Waals surface area (Å²) >= 11 is 0.